The Morgan fingerprint density at radius 2 is 2.15 bits per heavy atom. The van der Waals surface area contributed by atoms with Gasteiger partial charge in [-0.2, -0.15) is 0 Å². The number of nitrogens with one attached hydrogen (secondary N) is 1. The van der Waals surface area contributed by atoms with Crippen LogP contribution in [0.2, 0.25) is 0 Å². The number of ether oxygens (including phenoxy) is 1. The second-order valence-corrected chi connectivity index (χ2v) is 4.68. The lowest BCUT2D eigenvalue weighted by molar-refractivity contribution is -0.116. The summed E-state index contributed by atoms with van der Waals surface area (Å²) >= 11 is 0. The number of hydrogen-bond acceptors (Lipinski definition) is 4. The minimum atomic E-state index is 0.0588. The number of carbonyl (C=O) groups excluding carboxylic acids is 1. The van der Waals surface area contributed by atoms with Crippen LogP contribution in [0.5, 0.6) is 11.6 Å². The molecule has 2 heterocycles. The lowest BCUT2D eigenvalue weighted by Crippen LogP contribution is -2.18. The topological polar surface area (TPSA) is 77.2 Å². The molecule has 0 atom stereocenters. The van der Waals surface area contributed by atoms with Gasteiger partial charge in [0.15, 0.2) is 0 Å². The van der Waals surface area contributed by atoms with Crippen LogP contribution >= 0.6 is 0 Å². The number of pyridine rings is 1. The SMILES string of the molecule is NCc1ccnc(Oc2ccc3c(c2)CCC(=O)N3)c1. The van der Waals surface area contributed by atoms with Crippen LogP contribution in [0.1, 0.15) is 17.5 Å². The van der Waals surface area contributed by atoms with E-state index in [2.05, 4.69) is 10.3 Å². The molecular formula is C15H15N3O2. The van der Waals surface area contributed by atoms with Crippen LogP contribution in [0.15, 0.2) is 36.5 Å². The third-order valence-electron chi connectivity index (χ3n) is 3.23. The molecule has 0 unspecified atom stereocenters. The van der Waals surface area contributed by atoms with Gasteiger partial charge in [-0.05, 0) is 41.8 Å². The molecule has 0 saturated heterocycles. The molecule has 5 nitrogen and oxygen atoms in total. The fourth-order valence-corrected chi connectivity index (χ4v) is 2.18. The minimum absolute atomic E-state index is 0.0588. The van der Waals surface area contributed by atoms with Crippen molar-refractivity contribution in [2.45, 2.75) is 19.4 Å². The number of rotatable bonds is 3. The van der Waals surface area contributed by atoms with Gasteiger partial charge >= 0.3 is 0 Å². The lowest BCUT2D eigenvalue weighted by atomic mass is 10.0. The molecule has 102 valence electrons. The fourth-order valence-electron chi connectivity index (χ4n) is 2.18. The molecule has 20 heavy (non-hydrogen) atoms. The van der Waals surface area contributed by atoms with E-state index in [9.17, 15) is 4.79 Å². The number of anilines is 1. The number of nitrogens with zero attached hydrogens (tertiary/aromatic N) is 1. The molecule has 5 heteroatoms. The maximum Gasteiger partial charge on any atom is 0.224 e. The molecule has 0 aliphatic carbocycles. The summed E-state index contributed by atoms with van der Waals surface area (Å²) in [6.07, 6.45) is 2.92. The summed E-state index contributed by atoms with van der Waals surface area (Å²) in [4.78, 5) is 15.5. The minimum Gasteiger partial charge on any atom is -0.439 e. The summed E-state index contributed by atoms with van der Waals surface area (Å²) in [5, 5.41) is 2.84. The highest BCUT2D eigenvalue weighted by molar-refractivity contribution is 5.94. The van der Waals surface area contributed by atoms with Gasteiger partial charge in [0.25, 0.3) is 0 Å². The van der Waals surface area contributed by atoms with Gasteiger partial charge in [-0.3, -0.25) is 4.79 Å². The standard InChI is InChI=1S/C15H15N3O2/c16-9-10-5-6-17-15(7-10)20-12-2-3-13-11(8-12)1-4-14(19)18-13/h2-3,5-8H,1,4,9,16H2,(H,18,19). The first-order valence-corrected chi connectivity index (χ1v) is 6.50. The van der Waals surface area contributed by atoms with Gasteiger partial charge in [0, 0.05) is 30.9 Å². The fraction of sp³-hybridized carbons (Fsp3) is 0.200. The highest BCUT2D eigenvalue weighted by Gasteiger charge is 2.15. The molecule has 1 aromatic heterocycles. The maximum atomic E-state index is 11.3. The molecule has 1 amide bonds. The molecule has 1 aliphatic heterocycles. The molecule has 0 radical (unpaired) electrons. The second kappa shape index (κ2) is 5.30. The van der Waals surface area contributed by atoms with E-state index in [0.717, 1.165) is 23.2 Å². The summed E-state index contributed by atoms with van der Waals surface area (Å²) in [7, 11) is 0. The summed E-state index contributed by atoms with van der Waals surface area (Å²) in [5.41, 5.74) is 8.50. The Hall–Kier alpha value is -2.40. The zero-order valence-electron chi connectivity index (χ0n) is 10.9. The Labute approximate surface area is 116 Å². The van der Waals surface area contributed by atoms with E-state index in [1.165, 1.54) is 0 Å². The number of aromatic nitrogens is 1. The Morgan fingerprint density at radius 3 is 3.00 bits per heavy atom. The first-order valence-electron chi connectivity index (χ1n) is 6.50. The van der Waals surface area contributed by atoms with Crippen LogP contribution in [0.3, 0.4) is 0 Å². The number of fused-ring (bicyclic) bond motifs is 1. The third-order valence-corrected chi connectivity index (χ3v) is 3.23. The van der Waals surface area contributed by atoms with Crippen molar-refractivity contribution in [3.8, 4) is 11.6 Å². The van der Waals surface area contributed by atoms with E-state index in [1.807, 2.05) is 30.3 Å². The second-order valence-electron chi connectivity index (χ2n) is 4.68. The number of hydrogen-bond donors (Lipinski definition) is 2. The molecule has 0 fully saturated rings. The lowest BCUT2D eigenvalue weighted by Gasteiger charge is -2.17. The van der Waals surface area contributed by atoms with Crippen LogP contribution in [0, 0.1) is 0 Å². The molecule has 0 saturated carbocycles. The van der Waals surface area contributed by atoms with E-state index < -0.39 is 0 Å². The van der Waals surface area contributed by atoms with Crippen molar-refractivity contribution in [1.29, 1.82) is 0 Å². The monoisotopic (exact) mass is 269 g/mol. The summed E-state index contributed by atoms with van der Waals surface area (Å²) in [6.45, 7) is 0.453. The van der Waals surface area contributed by atoms with Gasteiger partial charge < -0.3 is 15.8 Å². The highest BCUT2D eigenvalue weighted by atomic mass is 16.5. The highest BCUT2D eigenvalue weighted by Crippen LogP contribution is 2.29. The van der Waals surface area contributed by atoms with Crippen LogP contribution in [-0.2, 0) is 17.8 Å². The average Bonchev–Trinajstić information content (AvgIpc) is 2.47. The van der Waals surface area contributed by atoms with Gasteiger partial charge in [-0.25, -0.2) is 4.98 Å². The van der Waals surface area contributed by atoms with Crippen molar-refractivity contribution in [1.82, 2.24) is 4.98 Å². The molecule has 0 spiro atoms. The van der Waals surface area contributed by atoms with Gasteiger partial charge in [-0.15, -0.1) is 0 Å². The van der Waals surface area contributed by atoms with Crippen LogP contribution < -0.4 is 15.8 Å². The molecular weight excluding hydrogens is 254 g/mol. The summed E-state index contributed by atoms with van der Waals surface area (Å²) in [6, 6.07) is 9.29. The predicted octanol–water partition coefficient (Wildman–Crippen LogP) is 2.22. The van der Waals surface area contributed by atoms with Crippen LogP contribution in [-0.4, -0.2) is 10.9 Å². The predicted molar refractivity (Wildman–Crippen MR) is 75.6 cm³/mol. The van der Waals surface area contributed by atoms with Crippen molar-refractivity contribution in [3.05, 3.63) is 47.7 Å². The van der Waals surface area contributed by atoms with Gasteiger partial charge in [0.1, 0.15) is 5.75 Å². The average molecular weight is 269 g/mol. The van der Waals surface area contributed by atoms with Crippen molar-refractivity contribution < 1.29 is 9.53 Å². The molecule has 3 N–H and O–H groups in total. The quantitative estimate of drug-likeness (QED) is 0.895. The largest absolute Gasteiger partial charge is 0.439 e. The third kappa shape index (κ3) is 2.62. The summed E-state index contributed by atoms with van der Waals surface area (Å²) < 4.78 is 5.73. The number of carbonyl (C=O) groups is 1. The number of nitrogens with two attached hydrogens (primary N) is 1. The van der Waals surface area contributed by atoms with E-state index in [4.69, 9.17) is 10.5 Å². The smallest absolute Gasteiger partial charge is 0.224 e. The van der Waals surface area contributed by atoms with E-state index in [1.54, 1.807) is 6.20 Å². The maximum absolute atomic E-state index is 11.3. The van der Waals surface area contributed by atoms with Crippen molar-refractivity contribution >= 4 is 11.6 Å². The zero-order valence-corrected chi connectivity index (χ0v) is 10.9. The Bertz CT molecular complexity index is 655. The molecule has 3 rings (SSSR count). The molecule has 1 aliphatic rings. The van der Waals surface area contributed by atoms with E-state index in [0.29, 0.717) is 24.6 Å². The van der Waals surface area contributed by atoms with Crippen LogP contribution in [0.25, 0.3) is 0 Å². The van der Waals surface area contributed by atoms with Gasteiger partial charge in [-0.1, -0.05) is 0 Å². The Balaban J connectivity index is 1.82. The van der Waals surface area contributed by atoms with E-state index in [-0.39, 0.29) is 5.91 Å². The number of aryl methyl sites for hydroxylation is 1. The van der Waals surface area contributed by atoms with Crippen molar-refractivity contribution in [2.24, 2.45) is 5.73 Å². The van der Waals surface area contributed by atoms with Gasteiger partial charge in [0.05, 0.1) is 0 Å². The Kier molecular flexibility index (Phi) is 3.35. The first kappa shape index (κ1) is 12.6. The van der Waals surface area contributed by atoms with Crippen molar-refractivity contribution in [3.63, 3.8) is 0 Å². The van der Waals surface area contributed by atoms with Gasteiger partial charge in [0.2, 0.25) is 11.8 Å². The molecule has 0 bridgehead atoms. The Morgan fingerprint density at radius 1 is 1.25 bits per heavy atom. The molecule has 1 aromatic carbocycles. The number of benzene rings is 1. The van der Waals surface area contributed by atoms with Crippen LogP contribution in [0.4, 0.5) is 5.69 Å². The zero-order chi connectivity index (χ0) is 13.9. The number of amides is 1. The summed E-state index contributed by atoms with van der Waals surface area (Å²) in [5.74, 6) is 1.29. The molecule has 2 aromatic rings. The van der Waals surface area contributed by atoms with Crippen molar-refractivity contribution in [2.75, 3.05) is 5.32 Å². The first-order chi connectivity index (χ1) is 9.74. The van der Waals surface area contributed by atoms with E-state index >= 15 is 0 Å². The normalized spacial score (nSPS) is 13.6.